The summed E-state index contributed by atoms with van der Waals surface area (Å²) in [5.41, 5.74) is 2.69. The van der Waals surface area contributed by atoms with Crippen LogP contribution in [0, 0.1) is 0 Å². The van der Waals surface area contributed by atoms with Gasteiger partial charge >= 0.3 is 0 Å². The van der Waals surface area contributed by atoms with Crippen molar-refractivity contribution in [2.45, 2.75) is 13.0 Å². The number of hydrogen-bond acceptors (Lipinski definition) is 3. The molecule has 1 atom stereocenters. The maximum Gasteiger partial charge on any atom is 0.0843 e. The summed E-state index contributed by atoms with van der Waals surface area (Å²) in [5.74, 6) is 5.29. The van der Waals surface area contributed by atoms with Gasteiger partial charge in [0, 0.05) is 9.35 Å². The van der Waals surface area contributed by atoms with Gasteiger partial charge in [0.2, 0.25) is 0 Å². The molecule has 0 aliphatic rings. The topological polar surface area (TPSA) is 38.0 Å². The molecule has 11 heavy (non-hydrogen) atoms. The van der Waals surface area contributed by atoms with Crippen LogP contribution >= 0.6 is 43.2 Å². The zero-order chi connectivity index (χ0) is 8.43. The van der Waals surface area contributed by atoms with Crippen LogP contribution in [-0.2, 0) is 0 Å². The minimum Gasteiger partial charge on any atom is -0.271 e. The van der Waals surface area contributed by atoms with Gasteiger partial charge in [0.05, 0.1) is 9.83 Å². The molecule has 0 amide bonds. The van der Waals surface area contributed by atoms with Crippen molar-refractivity contribution in [3.05, 3.63) is 19.2 Å². The summed E-state index contributed by atoms with van der Waals surface area (Å²) in [4.78, 5) is 1.21. The van der Waals surface area contributed by atoms with E-state index < -0.39 is 0 Å². The summed E-state index contributed by atoms with van der Waals surface area (Å²) in [5, 5.41) is 0. The van der Waals surface area contributed by atoms with Crippen molar-refractivity contribution in [2.75, 3.05) is 0 Å². The Morgan fingerprint density at radius 2 is 2.27 bits per heavy atom. The highest BCUT2D eigenvalue weighted by Gasteiger charge is 2.08. The molecule has 1 heterocycles. The van der Waals surface area contributed by atoms with Crippen LogP contribution in [0.25, 0.3) is 0 Å². The highest BCUT2D eigenvalue weighted by molar-refractivity contribution is 9.13. The fraction of sp³-hybridized carbons (Fsp3) is 0.333. The van der Waals surface area contributed by atoms with Crippen molar-refractivity contribution in [3.63, 3.8) is 0 Å². The highest BCUT2D eigenvalue weighted by Crippen LogP contribution is 2.34. The number of hydrazine groups is 1. The summed E-state index contributed by atoms with van der Waals surface area (Å²) in [6.45, 7) is 2.02. The summed E-state index contributed by atoms with van der Waals surface area (Å²) in [7, 11) is 0. The van der Waals surface area contributed by atoms with Crippen LogP contribution in [0.4, 0.5) is 0 Å². The van der Waals surface area contributed by atoms with Gasteiger partial charge in [0.1, 0.15) is 0 Å². The van der Waals surface area contributed by atoms with E-state index in [9.17, 15) is 0 Å². The molecule has 0 aromatic carbocycles. The van der Waals surface area contributed by atoms with E-state index in [4.69, 9.17) is 5.84 Å². The monoisotopic (exact) mass is 298 g/mol. The normalized spacial score (nSPS) is 13.5. The van der Waals surface area contributed by atoms with E-state index in [0.717, 1.165) is 8.26 Å². The zero-order valence-corrected chi connectivity index (χ0v) is 9.88. The average Bonchev–Trinajstić information content (AvgIpc) is 2.31. The third-order valence-electron chi connectivity index (χ3n) is 1.34. The van der Waals surface area contributed by atoms with Crippen LogP contribution in [0.15, 0.2) is 14.3 Å². The first-order valence-electron chi connectivity index (χ1n) is 3.06. The van der Waals surface area contributed by atoms with Crippen LogP contribution in [0.1, 0.15) is 17.8 Å². The zero-order valence-electron chi connectivity index (χ0n) is 5.90. The Morgan fingerprint density at radius 3 is 2.64 bits per heavy atom. The molecule has 62 valence electrons. The lowest BCUT2D eigenvalue weighted by Gasteiger charge is -2.04. The molecule has 1 unspecified atom stereocenters. The van der Waals surface area contributed by atoms with E-state index in [1.165, 1.54) is 4.88 Å². The molecule has 0 saturated heterocycles. The number of nitrogens with two attached hydrogens (primary N) is 1. The lowest BCUT2D eigenvalue weighted by Crippen LogP contribution is -2.24. The van der Waals surface area contributed by atoms with E-state index in [-0.39, 0.29) is 6.04 Å². The van der Waals surface area contributed by atoms with E-state index in [1.54, 1.807) is 11.3 Å². The Kier molecular flexibility index (Phi) is 3.52. The van der Waals surface area contributed by atoms with Gasteiger partial charge in [-0.05, 0) is 44.8 Å². The first kappa shape index (κ1) is 9.67. The molecule has 0 fully saturated rings. The smallest absolute Gasteiger partial charge is 0.0843 e. The summed E-state index contributed by atoms with van der Waals surface area (Å²) < 4.78 is 2.19. The van der Waals surface area contributed by atoms with Gasteiger partial charge in [-0.1, -0.05) is 0 Å². The summed E-state index contributed by atoms with van der Waals surface area (Å²) >= 11 is 8.50. The molecular formula is C6H8Br2N2S. The van der Waals surface area contributed by atoms with Gasteiger partial charge in [-0.2, -0.15) is 0 Å². The van der Waals surface area contributed by atoms with Gasteiger partial charge in [-0.15, -0.1) is 11.3 Å². The standard InChI is InChI=1S/C6H8Br2N2S/c1-3(10-9)5-2-4(7)6(8)11-5/h2-3,10H,9H2,1H3. The molecule has 5 heteroatoms. The Morgan fingerprint density at radius 1 is 1.64 bits per heavy atom. The highest BCUT2D eigenvalue weighted by atomic mass is 79.9. The van der Waals surface area contributed by atoms with Gasteiger partial charge in [0.25, 0.3) is 0 Å². The fourth-order valence-corrected chi connectivity index (χ4v) is 2.76. The minimum atomic E-state index is 0.211. The third kappa shape index (κ3) is 2.26. The second-order valence-electron chi connectivity index (χ2n) is 2.16. The van der Waals surface area contributed by atoms with E-state index in [2.05, 4.69) is 43.4 Å². The molecule has 0 spiro atoms. The molecular weight excluding hydrogens is 292 g/mol. The van der Waals surface area contributed by atoms with Crippen molar-refractivity contribution >= 4 is 43.2 Å². The minimum absolute atomic E-state index is 0.211. The second-order valence-corrected chi connectivity index (χ2v) is 5.41. The molecule has 0 aliphatic carbocycles. The van der Waals surface area contributed by atoms with Gasteiger partial charge in [-0.3, -0.25) is 11.3 Å². The predicted octanol–water partition coefficient (Wildman–Crippen LogP) is 2.80. The van der Waals surface area contributed by atoms with E-state index in [0.29, 0.717) is 0 Å². The molecule has 0 radical (unpaired) electrons. The largest absolute Gasteiger partial charge is 0.271 e. The maximum absolute atomic E-state index is 5.29. The van der Waals surface area contributed by atoms with Crippen molar-refractivity contribution in [2.24, 2.45) is 5.84 Å². The van der Waals surface area contributed by atoms with Crippen molar-refractivity contribution in [1.82, 2.24) is 5.43 Å². The molecule has 0 aliphatic heterocycles. The Balaban J connectivity index is 2.88. The predicted molar refractivity (Wildman–Crippen MR) is 55.5 cm³/mol. The van der Waals surface area contributed by atoms with Gasteiger partial charge in [0.15, 0.2) is 0 Å². The van der Waals surface area contributed by atoms with Crippen molar-refractivity contribution in [1.29, 1.82) is 0 Å². The lowest BCUT2D eigenvalue weighted by molar-refractivity contribution is 0.612. The van der Waals surface area contributed by atoms with Crippen LogP contribution in [0.2, 0.25) is 0 Å². The lowest BCUT2D eigenvalue weighted by atomic mass is 10.3. The first-order valence-corrected chi connectivity index (χ1v) is 5.46. The molecule has 1 aromatic heterocycles. The molecule has 2 nitrogen and oxygen atoms in total. The Hall–Kier alpha value is 0.580. The summed E-state index contributed by atoms with van der Waals surface area (Å²) in [6.07, 6.45) is 0. The number of nitrogens with one attached hydrogen (secondary N) is 1. The Labute approximate surface area is 86.4 Å². The number of halogens is 2. The maximum atomic E-state index is 5.29. The van der Waals surface area contributed by atoms with Crippen LogP contribution < -0.4 is 11.3 Å². The van der Waals surface area contributed by atoms with Gasteiger partial charge < -0.3 is 0 Å². The van der Waals surface area contributed by atoms with Crippen molar-refractivity contribution < 1.29 is 0 Å². The quantitative estimate of drug-likeness (QED) is 0.651. The summed E-state index contributed by atoms with van der Waals surface area (Å²) in [6, 6.07) is 2.27. The second kappa shape index (κ2) is 4.00. The first-order chi connectivity index (χ1) is 5.15. The number of hydrogen-bond donors (Lipinski definition) is 2. The van der Waals surface area contributed by atoms with Crippen LogP contribution in [-0.4, -0.2) is 0 Å². The SMILES string of the molecule is CC(NN)c1cc(Br)c(Br)s1. The molecule has 1 rings (SSSR count). The van der Waals surface area contributed by atoms with E-state index >= 15 is 0 Å². The van der Waals surface area contributed by atoms with Gasteiger partial charge in [-0.25, -0.2) is 0 Å². The van der Waals surface area contributed by atoms with Crippen LogP contribution in [0.5, 0.6) is 0 Å². The average molecular weight is 300 g/mol. The number of thiophene rings is 1. The van der Waals surface area contributed by atoms with E-state index in [1.807, 2.05) is 6.92 Å². The third-order valence-corrected chi connectivity index (χ3v) is 4.78. The fourth-order valence-electron chi connectivity index (χ4n) is 0.659. The molecule has 0 saturated carbocycles. The van der Waals surface area contributed by atoms with Crippen molar-refractivity contribution in [3.8, 4) is 0 Å². The molecule has 0 bridgehead atoms. The molecule has 3 N–H and O–H groups in total. The van der Waals surface area contributed by atoms with Crippen LogP contribution in [0.3, 0.4) is 0 Å². The number of rotatable bonds is 2. The molecule has 1 aromatic rings. The Bertz CT molecular complexity index is 229.